The summed E-state index contributed by atoms with van der Waals surface area (Å²) >= 11 is 0. The van der Waals surface area contributed by atoms with Gasteiger partial charge in [0.05, 0.1) is 19.6 Å². The molecule has 2 N–H and O–H groups in total. The molecule has 18 heavy (non-hydrogen) atoms. The van der Waals surface area contributed by atoms with Gasteiger partial charge in [0.25, 0.3) is 0 Å². The smallest absolute Gasteiger partial charge is 0.224 e. The Hall–Kier alpha value is -1.55. The number of amides is 1. The molecule has 1 atom stereocenters. The summed E-state index contributed by atoms with van der Waals surface area (Å²) in [5.41, 5.74) is 0.882. The number of carbonyl (C=O) groups is 1. The second-order valence-corrected chi connectivity index (χ2v) is 4.33. The first kappa shape index (κ1) is 14.5. The van der Waals surface area contributed by atoms with Crippen LogP contribution in [0, 0.1) is 0 Å². The van der Waals surface area contributed by atoms with Crippen molar-refractivity contribution in [3.63, 3.8) is 0 Å². The molecule has 4 nitrogen and oxygen atoms in total. The van der Waals surface area contributed by atoms with Gasteiger partial charge < -0.3 is 15.2 Å². The Morgan fingerprint density at radius 3 is 2.83 bits per heavy atom. The molecule has 0 saturated heterocycles. The third kappa shape index (κ3) is 5.19. The van der Waals surface area contributed by atoms with Gasteiger partial charge in [0, 0.05) is 12.1 Å². The average molecular weight is 251 g/mol. The number of aliphatic hydroxyl groups is 1. The first-order valence-electron chi connectivity index (χ1n) is 6.20. The van der Waals surface area contributed by atoms with Crippen LogP contribution < -0.4 is 10.1 Å². The molecule has 0 aromatic heterocycles. The quantitative estimate of drug-likeness (QED) is 0.722. The molecule has 100 valence electrons. The van der Waals surface area contributed by atoms with Crippen LogP contribution in [-0.4, -0.2) is 30.8 Å². The van der Waals surface area contributed by atoms with Gasteiger partial charge in [-0.3, -0.25) is 4.79 Å². The monoisotopic (exact) mass is 251 g/mol. The van der Waals surface area contributed by atoms with Crippen molar-refractivity contribution in [3.8, 4) is 5.75 Å². The summed E-state index contributed by atoms with van der Waals surface area (Å²) in [5, 5.41) is 11.9. The Morgan fingerprint density at radius 2 is 2.17 bits per heavy atom. The molecule has 0 aliphatic rings. The summed E-state index contributed by atoms with van der Waals surface area (Å²) in [5.74, 6) is 0.710. The van der Waals surface area contributed by atoms with E-state index in [1.165, 1.54) is 0 Å². The topological polar surface area (TPSA) is 58.6 Å². The van der Waals surface area contributed by atoms with Crippen LogP contribution in [0.4, 0.5) is 0 Å². The van der Waals surface area contributed by atoms with Crippen LogP contribution in [0.15, 0.2) is 24.3 Å². The molecular formula is C14H21NO3. The zero-order valence-electron chi connectivity index (χ0n) is 11.0. The van der Waals surface area contributed by atoms with Crippen LogP contribution in [0.2, 0.25) is 0 Å². The summed E-state index contributed by atoms with van der Waals surface area (Å²) in [6.45, 7) is 2.34. The highest BCUT2D eigenvalue weighted by Gasteiger charge is 2.07. The van der Waals surface area contributed by atoms with Gasteiger partial charge in [-0.05, 0) is 25.8 Å². The number of methoxy groups -OCH3 is 1. The van der Waals surface area contributed by atoms with Gasteiger partial charge in [-0.15, -0.1) is 0 Å². The minimum Gasteiger partial charge on any atom is -0.496 e. The van der Waals surface area contributed by atoms with Gasteiger partial charge in [0.15, 0.2) is 0 Å². The van der Waals surface area contributed by atoms with Gasteiger partial charge in [-0.25, -0.2) is 0 Å². The second kappa shape index (κ2) is 7.71. The van der Waals surface area contributed by atoms with Crippen molar-refractivity contribution in [2.45, 2.75) is 32.3 Å². The fourth-order valence-electron chi connectivity index (χ4n) is 1.71. The highest BCUT2D eigenvalue weighted by atomic mass is 16.5. The van der Waals surface area contributed by atoms with Crippen molar-refractivity contribution in [2.24, 2.45) is 0 Å². The van der Waals surface area contributed by atoms with Gasteiger partial charge in [0.1, 0.15) is 5.75 Å². The van der Waals surface area contributed by atoms with Gasteiger partial charge in [-0.1, -0.05) is 18.2 Å². The second-order valence-electron chi connectivity index (χ2n) is 4.33. The Bertz CT molecular complexity index is 377. The summed E-state index contributed by atoms with van der Waals surface area (Å²) in [6.07, 6.45) is 1.50. The van der Waals surface area contributed by atoms with Crippen molar-refractivity contribution < 1.29 is 14.6 Å². The van der Waals surface area contributed by atoms with E-state index in [4.69, 9.17) is 9.84 Å². The molecule has 0 saturated carbocycles. The molecule has 4 heteroatoms. The van der Waals surface area contributed by atoms with Gasteiger partial charge in [0.2, 0.25) is 5.91 Å². The maximum atomic E-state index is 11.7. The molecule has 0 radical (unpaired) electrons. The van der Waals surface area contributed by atoms with Crippen LogP contribution in [0.25, 0.3) is 0 Å². The fourth-order valence-corrected chi connectivity index (χ4v) is 1.71. The maximum Gasteiger partial charge on any atom is 0.224 e. The molecule has 0 fully saturated rings. The van der Waals surface area contributed by atoms with E-state index in [9.17, 15) is 4.79 Å². The van der Waals surface area contributed by atoms with Crippen molar-refractivity contribution in [3.05, 3.63) is 29.8 Å². The molecule has 1 amide bonds. The number of nitrogens with one attached hydrogen (secondary N) is 1. The third-order valence-electron chi connectivity index (χ3n) is 2.66. The maximum absolute atomic E-state index is 11.7. The summed E-state index contributed by atoms with van der Waals surface area (Å²) < 4.78 is 5.19. The Balaban J connectivity index is 2.35. The third-order valence-corrected chi connectivity index (χ3v) is 2.66. The lowest BCUT2D eigenvalue weighted by Crippen LogP contribution is -2.26. The first-order chi connectivity index (χ1) is 8.63. The number of hydrogen-bond donors (Lipinski definition) is 2. The van der Waals surface area contributed by atoms with Crippen molar-refractivity contribution >= 4 is 5.91 Å². The molecule has 1 rings (SSSR count). The molecule has 0 aliphatic heterocycles. The average Bonchev–Trinajstić information content (AvgIpc) is 2.35. The lowest BCUT2D eigenvalue weighted by atomic mass is 10.1. The summed E-state index contributed by atoms with van der Waals surface area (Å²) in [6, 6.07) is 7.49. The number of carbonyl (C=O) groups excluding carboxylic acids is 1. The van der Waals surface area contributed by atoms with Crippen LogP contribution in [0.1, 0.15) is 25.3 Å². The van der Waals surface area contributed by atoms with Crippen LogP contribution in [0.5, 0.6) is 5.75 Å². The number of rotatable bonds is 7. The molecule has 1 aromatic carbocycles. The summed E-state index contributed by atoms with van der Waals surface area (Å²) in [4.78, 5) is 11.7. The van der Waals surface area contributed by atoms with E-state index in [0.29, 0.717) is 19.4 Å². The standard InChI is InChI=1S/C14H21NO3/c1-11(16)6-5-9-15-14(17)10-12-7-3-4-8-13(12)18-2/h3-4,7-8,11,16H,5-6,9-10H2,1-2H3,(H,15,17). The van der Waals surface area contributed by atoms with E-state index < -0.39 is 0 Å². The van der Waals surface area contributed by atoms with Crippen molar-refractivity contribution in [1.29, 1.82) is 0 Å². The number of ether oxygens (including phenoxy) is 1. The van der Waals surface area contributed by atoms with Gasteiger partial charge in [-0.2, -0.15) is 0 Å². The fraction of sp³-hybridized carbons (Fsp3) is 0.500. The molecule has 0 bridgehead atoms. The predicted octanol–water partition coefficient (Wildman–Crippen LogP) is 1.51. The Labute approximate surface area is 108 Å². The van der Waals surface area contributed by atoms with Crippen LogP contribution in [0.3, 0.4) is 0 Å². The minimum absolute atomic E-state index is 0.0231. The van der Waals surface area contributed by atoms with E-state index >= 15 is 0 Å². The largest absolute Gasteiger partial charge is 0.496 e. The zero-order chi connectivity index (χ0) is 13.4. The van der Waals surface area contributed by atoms with E-state index in [1.54, 1.807) is 14.0 Å². The normalized spacial score (nSPS) is 11.9. The summed E-state index contributed by atoms with van der Waals surface area (Å²) in [7, 11) is 1.60. The number of hydrogen-bond acceptors (Lipinski definition) is 3. The lowest BCUT2D eigenvalue weighted by molar-refractivity contribution is -0.120. The van der Waals surface area contributed by atoms with E-state index in [1.807, 2.05) is 24.3 Å². The molecule has 1 aromatic rings. The molecule has 0 spiro atoms. The molecule has 0 aliphatic carbocycles. The van der Waals surface area contributed by atoms with E-state index in [2.05, 4.69) is 5.32 Å². The lowest BCUT2D eigenvalue weighted by Gasteiger charge is -2.09. The Kier molecular flexibility index (Phi) is 6.22. The number of benzene rings is 1. The van der Waals surface area contributed by atoms with Crippen molar-refractivity contribution in [1.82, 2.24) is 5.32 Å². The zero-order valence-corrected chi connectivity index (χ0v) is 11.0. The molecule has 1 unspecified atom stereocenters. The predicted molar refractivity (Wildman–Crippen MR) is 70.6 cm³/mol. The highest BCUT2D eigenvalue weighted by Crippen LogP contribution is 2.17. The first-order valence-corrected chi connectivity index (χ1v) is 6.20. The van der Waals surface area contributed by atoms with Crippen LogP contribution in [-0.2, 0) is 11.2 Å². The van der Waals surface area contributed by atoms with E-state index in [-0.39, 0.29) is 12.0 Å². The minimum atomic E-state index is -0.309. The van der Waals surface area contributed by atoms with E-state index in [0.717, 1.165) is 17.7 Å². The number of aliphatic hydroxyl groups excluding tert-OH is 1. The van der Waals surface area contributed by atoms with Gasteiger partial charge >= 0.3 is 0 Å². The van der Waals surface area contributed by atoms with Crippen LogP contribution >= 0.6 is 0 Å². The molecule has 0 heterocycles. The highest BCUT2D eigenvalue weighted by molar-refractivity contribution is 5.79. The number of para-hydroxylation sites is 1. The SMILES string of the molecule is COc1ccccc1CC(=O)NCCCC(C)O. The Morgan fingerprint density at radius 1 is 1.44 bits per heavy atom. The molecular weight excluding hydrogens is 230 g/mol. The van der Waals surface area contributed by atoms with Crippen molar-refractivity contribution in [2.75, 3.05) is 13.7 Å².